The van der Waals surface area contributed by atoms with Gasteiger partial charge < -0.3 is 5.11 Å². The van der Waals surface area contributed by atoms with Crippen LogP contribution in [0.5, 0.6) is 5.75 Å². The van der Waals surface area contributed by atoms with Crippen LogP contribution < -0.4 is 4.72 Å². The molecule has 3 aromatic carbocycles. The molecular formula is C22H23BrN2O3S. The van der Waals surface area contributed by atoms with Gasteiger partial charge in [0, 0.05) is 35.7 Å². The molecule has 2 N–H and O–H groups in total. The van der Waals surface area contributed by atoms with E-state index in [-0.39, 0.29) is 6.04 Å². The number of fused-ring (bicyclic) bond motifs is 1. The van der Waals surface area contributed by atoms with E-state index in [0.29, 0.717) is 17.2 Å². The third-order valence-electron chi connectivity index (χ3n) is 5.41. The van der Waals surface area contributed by atoms with E-state index in [1.165, 1.54) is 0 Å². The van der Waals surface area contributed by atoms with Gasteiger partial charge in [-0.2, -0.15) is 0 Å². The van der Waals surface area contributed by atoms with E-state index in [1.54, 1.807) is 36.4 Å². The molecule has 0 bridgehead atoms. The molecule has 0 aliphatic carbocycles. The number of likely N-dealkylation sites (tertiary alicyclic amines) is 1. The van der Waals surface area contributed by atoms with E-state index in [4.69, 9.17) is 0 Å². The fraction of sp³-hybridized carbons (Fsp3) is 0.273. The molecule has 29 heavy (non-hydrogen) atoms. The first-order valence-corrected chi connectivity index (χ1v) is 11.9. The van der Waals surface area contributed by atoms with Gasteiger partial charge in [0.1, 0.15) is 5.75 Å². The molecule has 3 aromatic rings. The van der Waals surface area contributed by atoms with Crippen molar-refractivity contribution in [1.82, 2.24) is 9.62 Å². The van der Waals surface area contributed by atoms with E-state index in [9.17, 15) is 13.5 Å². The Bertz CT molecular complexity index is 1110. The second-order valence-electron chi connectivity index (χ2n) is 7.41. The van der Waals surface area contributed by atoms with Gasteiger partial charge in [0.2, 0.25) is 10.0 Å². The van der Waals surface area contributed by atoms with Crippen LogP contribution in [0, 0.1) is 0 Å². The number of aromatic hydroxyl groups is 1. The molecule has 5 nitrogen and oxygen atoms in total. The third kappa shape index (κ3) is 4.64. The SMILES string of the molecule is O=S(=O)(NC1CCN(Cc2c(O)ccc3cc(Br)ccc23)CC1)c1ccccc1. The van der Waals surface area contributed by atoms with Crippen LogP contribution in [0.1, 0.15) is 18.4 Å². The minimum absolute atomic E-state index is 0.0754. The lowest BCUT2D eigenvalue weighted by atomic mass is 10.0. The van der Waals surface area contributed by atoms with E-state index >= 15 is 0 Å². The Kier molecular flexibility index (Phi) is 5.92. The van der Waals surface area contributed by atoms with Crippen molar-refractivity contribution in [2.75, 3.05) is 13.1 Å². The second-order valence-corrected chi connectivity index (χ2v) is 10.0. The molecule has 0 unspecified atom stereocenters. The molecule has 0 saturated carbocycles. The monoisotopic (exact) mass is 474 g/mol. The zero-order valence-corrected chi connectivity index (χ0v) is 18.3. The Morgan fingerprint density at radius 2 is 1.76 bits per heavy atom. The average molecular weight is 475 g/mol. The molecule has 1 fully saturated rings. The number of piperidine rings is 1. The zero-order valence-electron chi connectivity index (χ0n) is 15.9. The Morgan fingerprint density at radius 1 is 1.03 bits per heavy atom. The van der Waals surface area contributed by atoms with E-state index in [0.717, 1.165) is 46.7 Å². The highest BCUT2D eigenvalue weighted by Crippen LogP contribution is 2.31. The topological polar surface area (TPSA) is 69.6 Å². The minimum atomic E-state index is -3.49. The number of benzene rings is 3. The molecule has 0 radical (unpaired) electrons. The van der Waals surface area contributed by atoms with Crippen molar-refractivity contribution < 1.29 is 13.5 Å². The maximum absolute atomic E-state index is 12.5. The van der Waals surface area contributed by atoms with Gasteiger partial charge in [-0.1, -0.05) is 46.3 Å². The van der Waals surface area contributed by atoms with E-state index in [1.807, 2.05) is 24.3 Å². The quantitative estimate of drug-likeness (QED) is 0.579. The molecule has 4 rings (SSSR count). The van der Waals surface area contributed by atoms with Crippen LogP contribution >= 0.6 is 15.9 Å². The number of halogens is 1. The Balaban J connectivity index is 1.42. The predicted molar refractivity (Wildman–Crippen MR) is 118 cm³/mol. The van der Waals surface area contributed by atoms with Gasteiger partial charge in [0.25, 0.3) is 0 Å². The first kappa shape index (κ1) is 20.3. The van der Waals surface area contributed by atoms with Gasteiger partial charge >= 0.3 is 0 Å². The summed E-state index contributed by atoms with van der Waals surface area (Å²) < 4.78 is 28.9. The molecule has 152 valence electrons. The molecule has 1 aliphatic heterocycles. The van der Waals surface area contributed by atoms with Crippen LogP contribution in [-0.2, 0) is 16.6 Å². The van der Waals surface area contributed by atoms with Gasteiger partial charge in [0.15, 0.2) is 0 Å². The lowest BCUT2D eigenvalue weighted by molar-refractivity contribution is 0.199. The van der Waals surface area contributed by atoms with Gasteiger partial charge in [-0.15, -0.1) is 0 Å². The molecule has 0 spiro atoms. The van der Waals surface area contributed by atoms with E-state index in [2.05, 4.69) is 25.6 Å². The van der Waals surface area contributed by atoms with Crippen molar-refractivity contribution in [3.63, 3.8) is 0 Å². The lowest BCUT2D eigenvalue weighted by Gasteiger charge is -2.32. The van der Waals surface area contributed by atoms with Crippen LogP contribution in [0.25, 0.3) is 10.8 Å². The smallest absolute Gasteiger partial charge is 0.240 e. The van der Waals surface area contributed by atoms with Crippen molar-refractivity contribution in [1.29, 1.82) is 0 Å². The van der Waals surface area contributed by atoms with Crippen molar-refractivity contribution in [2.24, 2.45) is 0 Å². The number of sulfonamides is 1. The number of phenolic OH excluding ortho intramolecular Hbond substituents is 1. The Morgan fingerprint density at radius 3 is 2.48 bits per heavy atom. The van der Waals surface area contributed by atoms with Gasteiger partial charge in [-0.25, -0.2) is 13.1 Å². The summed E-state index contributed by atoms with van der Waals surface area (Å²) >= 11 is 3.49. The van der Waals surface area contributed by atoms with Crippen LogP contribution in [0.2, 0.25) is 0 Å². The van der Waals surface area contributed by atoms with Crippen LogP contribution in [-0.4, -0.2) is 37.6 Å². The summed E-state index contributed by atoms with van der Waals surface area (Å²) in [7, 11) is -3.49. The van der Waals surface area contributed by atoms with Gasteiger partial charge in [0.05, 0.1) is 4.90 Å². The number of hydrogen-bond acceptors (Lipinski definition) is 4. The molecule has 0 amide bonds. The highest BCUT2D eigenvalue weighted by molar-refractivity contribution is 9.10. The number of phenols is 1. The maximum Gasteiger partial charge on any atom is 0.240 e. The molecular weight excluding hydrogens is 452 g/mol. The standard InChI is InChI=1S/C22H23BrN2O3S/c23-17-7-8-20-16(14-17)6-9-22(26)21(20)15-25-12-10-18(11-13-25)24-29(27,28)19-4-2-1-3-5-19/h1-9,14,18,24,26H,10-13,15H2. The summed E-state index contributed by atoms with van der Waals surface area (Å²) in [6.45, 7) is 2.19. The first-order valence-electron chi connectivity index (χ1n) is 9.62. The largest absolute Gasteiger partial charge is 0.508 e. The van der Waals surface area contributed by atoms with Crippen LogP contribution in [0.3, 0.4) is 0 Å². The van der Waals surface area contributed by atoms with Crippen molar-refractivity contribution in [2.45, 2.75) is 30.3 Å². The highest BCUT2D eigenvalue weighted by atomic mass is 79.9. The Hall–Kier alpha value is -1.93. The fourth-order valence-corrected chi connectivity index (χ4v) is 5.54. The number of rotatable bonds is 5. The molecule has 7 heteroatoms. The number of hydrogen-bond donors (Lipinski definition) is 2. The zero-order chi connectivity index (χ0) is 20.4. The van der Waals surface area contributed by atoms with E-state index < -0.39 is 10.0 Å². The summed E-state index contributed by atoms with van der Waals surface area (Å²) in [5.41, 5.74) is 0.915. The summed E-state index contributed by atoms with van der Waals surface area (Å²) in [6, 6.07) is 18.1. The van der Waals surface area contributed by atoms with Crippen LogP contribution in [0.4, 0.5) is 0 Å². The first-order chi connectivity index (χ1) is 13.9. The number of nitrogens with zero attached hydrogens (tertiary/aromatic N) is 1. The third-order valence-corrected chi connectivity index (χ3v) is 7.44. The average Bonchev–Trinajstić information content (AvgIpc) is 2.72. The molecule has 0 atom stereocenters. The molecule has 1 heterocycles. The number of nitrogens with one attached hydrogen (secondary N) is 1. The second kappa shape index (κ2) is 8.44. The summed E-state index contributed by atoms with van der Waals surface area (Å²) in [4.78, 5) is 2.57. The lowest BCUT2D eigenvalue weighted by Crippen LogP contribution is -2.44. The molecule has 0 aromatic heterocycles. The predicted octanol–water partition coefficient (Wildman–Crippen LogP) is 4.25. The van der Waals surface area contributed by atoms with Crippen molar-refractivity contribution >= 4 is 36.7 Å². The van der Waals surface area contributed by atoms with Crippen molar-refractivity contribution in [3.05, 3.63) is 70.7 Å². The van der Waals surface area contributed by atoms with Gasteiger partial charge in [-0.3, -0.25) is 4.90 Å². The summed E-state index contributed by atoms with van der Waals surface area (Å²) in [6.07, 6.45) is 1.48. The molecule has 1 saturated heterocycles. The Labute approximate surface area is 179 Å². The fourth-order valence-electron chi connectivity index (χ4n) is 3.84. The summed E-state index contributed by atoms with van der Waals surface area (Å²) in [5, 5.41) is 12.5. The highest BCUT2D eigenvalue weighted by Gasteiger charge is 2.25. The molecule has 1 aliphatic rings. The van der Waals surface area contributed by atoms with Crippen LogP contribution in [0.15, 0.2) is 70.0 Å². The summed E-state index contributed by atoms with van der Waals surface area (Å²) in [5.74, 6) is 0.298. The van der Waals surface area contributed by atoms with Crippen molar-refractivity contribution in [3.8, 4) is 5.75 Å². The normalized spacial score (nSPS) is 16.3. The maximum atomic E-state index is 12.5. The minimum Gasteiger partial charge on any atom is -0.508 e. The van der Waals surface area contributed by atoms with Gasteiger partial charge in [-0.05, 0) is 53.9 Å².